The van der Waals surface area contributed by atoms with Crippen LogP contribution in [0.25, 0.3) is 0 Å². The SMILES string of the molecule is CCC1CCCCN1C(=O)Cc1nnnn1C. The summed E-state index contributed by atoms with van der Waals surface area (Å²) in [6.45, 7) is 3.02. The van der Waals surface area contributed by atoms with Crippen molar-refractivity contribution in [3.63, 3.8) is 0 Å². The lowest BCUT2D eigenvalue weighted by atomic mass is 9.99. The quantitative estimate of drug-likeness (QED) is 0.770. The number of aromatic nitrogens is 4. The lowest BCUT2D eigenvalue weighted by Gasteiger charge is -2.35. The minimum Gasteiger partial charge on any atom is -0.339 e. The Morgan fingerprint density at radius 3 is 2.94 bits per heavy atom. The topological polar surface area (TPSA) is 63.9 Å². The second-order valence-corrected chi connectivity index (χ2v) is 4.54. The van der Waals surface area contributed by atoms with E-state index >= 15 is 0 Å². The molecule has 2 heterocycles. The van der Waals surface area contributed by atoms with Gasteiger partial charge in [0.15, 0.2) is 5.82 Å². The summed E-state index contributed by atoms with van der Waals surface area (Å²) in [5.41, 5.74) is 0. The largest absolute Gasteiger partial charge is 0.339 e. The number of carbonyl (C=O) groups excluding carboxylic acids is 1. The van der Waals surface area contributed by atoms with Crippen LogP contribution in [0.3, 0.4) is 0 Å². The van der Waals surface area contributed by atoms with E-state index in [0.717, 1.165) is 25.8 Å². The van der Waals surface area contributed by atoms with Gasteiger partial charge in [-0.3, -0.25) is 4.79 Å². The van der Waals surface area contributed by atoms with Crippen LogP contribution in [0.5, 0.6) is 0 Å². The molecule has 0 spiro atoms. The molecule has 1 aliphatic heterocycles. The number of amides is 1. The van der Waals surface area contributed by atoms with E-state index in [1.807, 2.05) is 4.90 Å². The van der Waals surface area contributed by atoms with Gasteiger partial charge in [-0.1, -0.05) is 6.92 Å². The standard InChI is InChI=1S/C11H19N5O/c1-3-9-6-4-5-7-16(9)11(17)8-10-12-13-14-15(10)2/h9H,3-8H2,1-2H3. The van der Waals surface area contributed by atoms with Crippen LogP contribution in [0.2, 0.25) is 0 Å². The zero-order valence-corrected chi connectivity index (χ0v) is 10.5. The second kappa shape index (κ2) is 5.25. The minimum atomic E-state index is 0.148. The molecule has 6 heteroatoms. The van der Waals surface area contributed by atoms with Crippen molar-refractivity contribution >= 4 is 5.91 Å². The fourth-order valence-electron chi connectivity index (χ4n) is 2.39. The molecule has 0 aromatic carbocycles. The molecule has 0 aliphatic carbocycles. The average Bonchev–Trinajstić information content (AvgIpc) is 2.75. The Kier molecular flexibility index (Phi) is 3.71. The van der Waals surface area contributed by atoms with Crippen LogP contribution < -0.4 is 0 Å². The van der Waals surface area contributed by atoms with E-state index in [-0.39, 0.29) is 5.91 Å². The molecular weight excluding hydrogens is 218 g/mol. The molecule has 1 amide bonds. The van der Waals surface area contributed by atoms with Crippen molar-refractivity contribution in [2.45, 2.75) is 45.1 Å². The monoisotopic (exact) mass is 237 g/mol. The van der Waals surface area contributed by atoms with Crippen molar-refractivity contribution in [3.8, 4) is 0 Å². The van der Waals surface area contributed by atoms with E-state index in [2.05, 4.69) is 22.4 Å². The zero-order chi connectivity index (χ0) is 12.3. The summed E-state index contributed by atoms with van der Waals surface area (Å²) < 4.78 is 1.56. The Morgan fingerprint density at radius 2 is 2.29 bits per heavy atom. The molecule has 0 N–H and O–H groups in total. The van der Waals surface area contributed by atoms with Crippen LogP contribution in [0, 0.1) is 0 Å². The summed E-state index contributed by atoms with van der Waals surface area (Å²) >= 11 is 0. The lowest BCUT2D eigenvalue weighted by molar-refractivity contribution is -0.134. The second-order valence-electron chi connectivity index (χ2n) is 4.54. The molecule has 1 aromatic heterocycles. The zero-order valence-electron chi connectivity index (χ0n) is 10.5. The van der Waals surface area contributed by atoms with Gasteiger partial charge in [-0.25, -0.2) is 4.68 Å². The Labute approximate surface area is 101 Å². The van der Waals surface area contributed by atoms with Gasteiger partial charge < -0.3 is 4.90 Å². The molecule has 1 saturated heterocycles. The minimum absolute atomic E-state index is 0.148. The highest BCUT2D eigenvalue weighted by Crippen LogP contribution is 2.20. The Morgan fingerprint density at radius 1 is 1.47 bits per heavy atom. The van der Waals surface area contributed by atoms with Crippen molar-refractivity contribution < 1.29 is 4.79 Å². The van der Waals surface area contributed by atoms with Crippen LogP contribution >= 0.6 is 0 Å². The maximum absolute atomic E-state index is 12.2. The van der Waals surface area contributed by atoms with Gasteiger partial charge in [-0.2, -0.15) is 0 Å². The third kappa shape index (κ3) is 2.62. The van der Waals surface area contributed by atoms with Gasteiger partial charge in [0.25, 0.3) is 0 Å². The number of nitrogens with zero attached hydrogens (tertiary/aromatic N) is 5. The number of hydrogen-bond acceptors (Lipinski definition) is 4. The summed E-state index contributed by atoms with van der Waals surface area (Å²) in [6.07, 6.45) is 4.80. The smallest absolute Gasteiger partial charge is 0.230 e. The Bertz CT molecular complexity index is 389. The number of hydrogen-bond donors (Lipinski definition) is 0. The molecule has 0 radical (unpaired) electrons. The van der Waals surface area contributed by atoms with Gasteiger partial charge in [-0.05, 0) is 36.1 Å². The summed E-state index contributed by atoms with van der Waals surface area (Å²) in [7, 11) is 1.76. The molecule has 1 unspecified atom stereocenters. The lowest BCUT2D eigenvalue weighted by Crippen LogP contribution is -2.44. The number of carbonyl (C=O) groups is 1. The molecule has 2 rings (SSSR count). The molecule has 0 saturated carbocycles. The molecule has 17 heavy (non-hydrogen) atoms. The van der Waals surface area contributed by atoms with E-state index < -0.39 is 0 Å². The van der Waals surface area contributed by atoms with Gasteiger partial charge >= 0.3 is 0 Å². The van der Waals surface area contributed by atoms with Crippen molar-refractivity contribution in [1.29, 1.82) is 0 Å². The van der Waals surface area contributed by atoms with E-state index in [1.54, 1.807) is 11.7 Å². The van der Waals surface area contributed by atoms with E-state index in [1.165, 1.54) is 6.42 Å². The summed E-state index contributed by atoms with van der Waals surface area (Å²) in [6, 6.07) is 0.400. The molecule has 6 nitrogen and oxygen atoms in total. The van der Waals surface area contributed by atoms with Crippen LogP contribution in [0.1, 0.15) is 38.4 Å². The number of aryl methyl sites for hydroxylation is 1. The summed E-state index contributed by atoms with van der Waals surface area (Å²) in [4.78, 5) is 14.2. The van der Waals surface area contributed by atoms with E-state index in [4.69, 9.17) is 0 Å². The summed E-state index contributed by atoms with van der Waals surface area (Å²) in [5.74, 6) is 0.782. The van der Waals surface area contributed by atoms with Gasteiger partial charge in [0.05, 0.1) is 6.42 Å². The highest BCUT2D eigenvalue weighted by molar-refractivity contribution is 5.78. The third-order valence-electron chi connectivity index (χ3n) is 3.44. The first-order valence-corrected chi connectivity index (χ1v) is 6.23. The predicted octanol–water partition coefficient (Wildman–Crippen LogP) is 0.544. The van der Waals surface area contributed by atoms with Gasteiger partial charge in [0, 0.05) is 19.6 Å². The van der Waals surface area contributed by atoms with Crippen LogP contribution in [0.4, 0.5) is 0 Å². The molecule has 1 aromatic rings. The van der Waals surface area contributed by atoms with Crippen LogP contribution in [-0.2, 0) is 18.3 Å². The number of likely N-dealkylation sites (tertiary alicyclic amines) is 1. The fraction of sp³-hybridized carbons (Fsp3) is 0.818. The maximum Gasteiger partial charge on any atom is 0.230 e. The molecule has 0 bridgehead atoms. The highest BCUT2D eigenvalue weighted by Gasteiger charge is 2.26. The van der Waals surface area contributed by atoms with Gasteiger partial charge in [-0.15, -0.1) is 5.10 Å². The first-order chi connectivity index (χ1) is 8.22. The van der Waals surface area contributed by atoms with Crippen molar-refractivity contribution in [2.24, 2.45) is 7.05 Å². The Balaban J connectivity index is 2.01. The van der Waals surface area contributed by atoms with Crippen molar-refractivity contribution in [3.05, 3.63) is 5.82 Å². The van der Waals surface area contributed by atoms with Gasteiger partial charge in [0.1, 0.15) is 0 Å². The van der Waals surface area contributed by atoms with Crippen molar-refractivity contribution in [1.82, 2.24) is 25.1 Å². The van der Waals surface area contributed by atoms with E-state index in [9.17, 15) is 4.79 Å². The van der Waals surface area contributed by atoms with Crippen LogP contribution in [-0.4, -0.2) is 43.6 Å². The molecule has 94 valence electrons. The van der Waals surface area contributed by atoms with Gasteiger partial charge in [0.2, 0.25) is 5.91 Å². The first kappa shape index (κ1) is 12.0. The number of piperidine rings is 1. The van der Waals surface area contributed by atoms with Crippen LogP contribution in [0.15, 0.2) is 0 Å². The molecular formula is C11H19N5O. The molecule has 1 fully saturated rings. The molecule has 1 atom stereocenters. The fourth-order valence-corrected chi connectivity index (χ4v) is 2.39. The first-order valence-electron chi connectivity index (χ1n) is 6.23. The summed E-state index contributed by atoms with van der Waals surface area (Å²) in [5, 5.41) is 11.1. The average molecular weight is 237 g/mol. The normalized spacial score (nSPS) is 20.6. The van der Waals surface area contributed by atoms with E-state index in [0.29, 0.717) is 18.3 Å². The van der Waals surface area contributed by atoms with Crippen molar-refractivity contribution in [2.75, 3.05) is 6.54 Å². The maximum atomic E-state index is 12.2. The number of rotatable bonds is 3. The third-order valence-corrected chi connectivity index (χ3v) is 3.44. The highest BCUT2D eigenvalue weighted by atomic mass is 16.2. The number of tetrazole rings is 1. The predicted molar refractivity (Wildman–Crippen MR) is 62.1 cm³/mol. The Hall–Kier alpha value is -1.46. The molecule has 1 aliphatic rings.